The second-order valence-corrected chi connectivity index (χ2v) is 6.89. The van der Waals surface area contributed by atoms with E-state index in [2.05, 4.69) is 38.2 Å². The number of hydrogen-bond acceptors (Lipinski definition) is 4. The molecule has 0 aromatic rings. The predicted molar refractivity (Wildman–Crippen MR) is 107 cm³/mol. The standard InChI is InChI=1S/C22H29NO4/c1-15(2)8-6-9-16(3)10-7-11-17(4)12-21(25)23-19-13-18(24)14-20(27-5)22(19)26/h8,10,12-14H,6-7,9,11H2,1-5H3,(H,23,25). The maximum Gasteiger partial charge on any atom is 0.248 e. The van der Waals surface area contributed by atoms with E-state index < -0.39 is 17.5 Å². The average molecular weight is 371 g/mol. The molecule has 1 amide bonds. The minimum absolute atomic E-state index is 0.0663. The third kappa shape index (κ3) is 8.49. The quantitative estimate of drug-likeness (QED) is 0.376. The summed E-state index contributed by atoms with van der Waals surface area (Å²) in [6, 6.07) is 0. The Labute approximate surface area is 161 Å². The third-order valence-electron chi connectivity index (χ3n) is 4.01. The van der Waals surface area contributed by atoms with E-state index in [0.717, 1.165) is 43.4 Å². The first-order chi connectivity index (χ1) is 12.7. The molecule has 0 atom stereocenters. The normalized spacial score (nSPS) is 15.1. The van der Waals surface area contributed by atoms with Gasteiger partial charge in [-0.3, -0.25) is 14.4 Å². The van der Waals surface area contributed by atoms with Crippen molar-refractivity contribution in [2.75, 3.05) is 7.11 Å². The molecule has 0 spiro atoms. The molecule has 1 N–H and O–H groups in total. The van der Waals surface area contributed by atoms with Gasteiger partial charge in [0, 0.05) is 18.2 Å². The Hall–Kier alpha value is -2.69. The molecule has 1 rings (SSSR count). The molecule has 27 heavy (non-hydrogen) atoms. The van der Waals surface area contributed by atoms with Crippen molar-refractivity contribution in [2.45, 2.75) is 53.4 Å². The maximum atomic E-state index is 12.1. The highest BCUT2D eigenvalue weighted by atomic mass is 16.5. The summed E-state index contributed by atoms with van der Waals surface area (Å²) in [5.74, 6) is -1.41. The van der Waals surface area contributed by atoms with E-state index in [0.29, 0.717) is 0 Å². The number of methoxy groups -OCH3 is 1. The Bertz CT molecular complexity index is 744. The fourth-order valence-electron chi connectivity index (χ4n) is 2.52. The van der Waals surface area contributed by atoms with Gasteiger partial charge in [-0.1, -0.05) is 28.9 Å². The van der Waals surface area contributed by atoms with Gasteiger partial charge in [-0.05, 0) is 53.4 Å². The van der Waals surface area contributed by atoms with Crippen LogP contribution in [0.2, 0.25) is 0 Å². The number of nitrogens with one attached hydrogen (secondary N) is 1. The highest BCUT2D eigenvalue weighted by molar-refractivity contribution is 6.20. The monoisotopic (exact) mass is 371 g/mol. The number of rotatable bonds is 9. The Morgan fingerprint density at radius 3 is 2.26 bits per heavy atom. The van der Waals surface area contributed by atoms with Gasteiger partial charge in [0.2, 0.25) is 11.7 Å². The van der Waals surface area contributed by atoms with Crippen LogP contribution >= 0.6 is 0 Å². The van der Waals surface area contributed by atoms with Gasteiger partial charge in [-0.15, -0.1) is 0 Å². The number of amides is 1. The molecule has 5 nitrogen and oxygen atoms in total. The van der Waals surface area contributed by atoms with Crippen LogP contribution in [0.15, 0.2) is 58.6 Å². The number of ether oxygens (including phenoxy) is 1. The second-order valence-electron chi connectivity index (χ2n) is 6.89. The Morgan fingerprint density at radius 1 is 1.00 bits per heavy atom. The van der Waals surface area contributed by atoms with Gasteiger partial charge in [0.15, 0.2) is 11.5 Å². The highest BCUT2D eigenvalue weighted by Gasteiger charge is 2.23. The van der Waals surface area contributed by atoms with Crippen molar-refractivity contribution in [3.63, 3.8) is 0 Å². The fourth-order valence-corrected chi connectivity index (χ4v) is 2.52. The van der Waals surface area contributed by atoms with Crippen molar-refractivity contribution in [3.8, 4) is 0 Å². The summed E-state index contributed by atoms with van der Waals surface area (Å²) in [5, 5.41) is 2.46. The Balaban J connectivity index is 2.53. The van der Waals surface area contributed by atoms with Crippen LogP contribution in [0.3, 0.4) is 0 Å². The molecule has 1 aliphatic carbocycles. The highest BCUT2D eigenvalue weighted by Crippen LogP contribution is 2.13. The largest absolute Gasteiger partial charge is 0.492 e. The number of Topliss-reactive ketones (excluding diaryl/α,β-unsaturated/α-hetero) is 1. The van der Waals surface area contributed by atoms with E-state index in [9.17, 15) is 14.4 Å². The van der Waals surface area contributed by atoms with Gasteiger partial charge in [0.1, 0.15) is 0 Å². The molecular formula is C22H29NO4. The number of allylic oxidation sites excluding steroid dienone is 7. The van der Waals surface area contributed by atoms with Crippen LogP contribution < -0.4 is 5.32 Å². The Kier molecular flexibility index (Phi) is 9.20. The lowest BCUT2D eigenvalue weighted by atomic mass is 10.1. The van der Waals surface area contributed by atoms with Crippen molar-refractivity contribution in [1.29, 1.82) is 0 Å². The third-order valence-corrected chi connectivity index (χ3v) is 4.01. The van der Waals surface area contributed by atoms with Crippen molar-refractivity contribution in [3.05, 3.63) is 58.6 Å². The molecule has 5 heteroatoms. The Morgan fingerprint density at radius 2 is 1.63 bits per heavy atom. The van der Waals surface area contributed by atoms with Gasteiger partial charge in [-0.2, -0.15) is 0 Å². The van der Waals surface area contributed by atoms with Crippen molar-refractivity contribution in [1.82, 2.24) is 5.32 Å². The maximum absolute atomic E-state index is 12.1. The van der Waals surface area contributed by atoms with Crippen molar-refractivity contribution >= 4 is 17.5 Å². The van der Waals surface area contributed by atoms with Gasteiger partial charge >= 0.3 is 0 Å². The number of ketones is 2. The van der Waals surface area contributed by atoms with E-state index in [1.807, 2.05) is 6.92 Å². The first kappa shape index (κ1) is 22.4. The van der Waals surface area contributed by atoms with E-state index in [4.69, 9.17) is 4.74 Å². The lowest BCUT2D eigenvalue weighted by Crippen LogP contribution is -2.30. The zero-order chi connectivity index (χ0) is 20.4. The van der Waals surface area contributed by atoms with Gasteiger partial charge in [0.25, 0.3) is 0 Å². The topological polar surface area (TPSA) is 72.5 Å². The molecule has 0 saturated carbocycles. The van der Waals surface area contributed by atoms with Gasteiger partial charge < -0.3 is 10.1 Å². The van der Waals surface area contributed by atoms with E-state index in [1.54, 1.807) is 0 Å². The zero-order valence-corrected chi connectivity index (χ0v) is 16.8. The molecule has 0 fully saturated rings. The lowest BCUT2D eigenvalue weighted by molar-refractivity contribution is -0.120. The van der Waals surface area contributed by atoms with Gasteiger partial charge in [-0.25, -0.2) is 0 Å². The summed E-state index contributed by atoms with van der Waals surface area (Å²) in [6.07, 6.45) is 11.8. The van der Waals surface area contributed by atoms with Crippen LogP contribution in [-0.2, 0) is 19.1 Å². The molecule has 0 heterocycles. The number of carbonyl (C=O) groups is 3. The van der Waals surface area contributed by atoms with E-state index >= 15 is 0 Å². The van der Waals surface area contributed by atoms with E-state index in [-0.39, 0.29) is 11.5 Å². The molecule has 0 aliphatic heterocycles. The molecular weight excluding hydrogens is 342 g/mol. The van der Waals surface area contributed by atoms with E-state index in [1.165, 1.54) is 24.3 Å². The summed E-state index contributed by atoms with van der Waals surface area (Å²) in [5.41, 5.74) is 3.50. The first-order valence-corrected chi connectivity index (χ1v) is 9.06. The second kappa shape index (κ2) is 11.1. The van der Waals surface area contributed by atoms with Crippen LogP contribution in [-0.4, -0.2) is 24.6 Å². The molecule has 0 unspecified atom stereocenters. The van der Waals surface area contributed by atoms with Crippen LogP contribution in [0.1, 0.15) is 53.4 Å². The van der Waals surface area contributed by atoms with Crippen LogP contribution in [0, 0.1) is 0 Å². The summed E-state index contributed by atoms with van der Waals surface area (Å²) in [7, 11) is 1.31. The zero-order valence-electron chi connectivity index (χ0n) is 16.8. The SMILES string of the molecule is COC1=CC(=O)C=C(NC(=O)C=C(C)CCC=C(C)CCC=C(C)C)C1=O. The first-order valence-electron chi connectivity index (χ1n) is 9.06. The molecule has 0 bridgehead atoms. The van der Waals surface area contributed by atoms with Crippen LogP contribution in [0.5, 0.6) is 0 Å². The number of hydrogen-bond donors (Lipinski definition) is 1. The minimum Gasteiger partial charge on any atom is -0.492 e. The molecule has 0 saturated heterocycles. The summed E-state index contributed by atoms with van der Waals surface area (Å²) >= 11 is 0. The number of carbonyl (C=O) groups excluding carboxylic acids is 3. The molecule has 1 aliphatic rings. The van der Waals surface area contributed by atoms with Crippen LogP contribution in [0.25, 0.3) is 0 Å². The van der Waals surface area contributed by atoms with Crippen molar-refractivity contribution < 1.29 is 19.1 Å². The predicted octanol–water partition coefficient (Wildman–Crippen LogP) is 4.09. The average Bonchev–Trinajstić information content (AvgIpc) is 2.57. The summed E-state index contributed by atoms with van der Waals surface area (Å²) < 4.78 is 4.86. The molecule has 0 aromatic carbocycles. The van der Waals surface area contributed by atoms with Gasteiger partial charge in [0.05, 0.1) is 12.8 Å². The lowest BCUT2D eigenvalue weighted by Gasteiger charge is -2.12. The summed E-state index contributed by atoms with van der Waals surface area (Å²) in [4.78, 5) is 35.7. The minimum atomic E-state index is -0.508. The smallest absolute Gasteiger partial charge is 0.248 e. The van der Waals surface area contributed by atoms with Crippen molar-refractivity contribution in [2.24, 2.45) is 0 Å². The summed E-state index contributed by atoms with van der Waals surface area (Å²) in [6.45, 7) is 8.17. The molecule has 0 radical (unpaired) electrons. The fraction of sp³-hybridized carbons (Fsp3) is 0.409. The molecule has 0 aromatic heterocycles. The van der Waals surface area contributed by atoms with Crippen LogP contribution in [0.4, 0.5) is 0 Å². The molecule has 146 valence electrons.